The van der Waals surface area contributed by atoms with Crippen molar-refractivity contribution in [3.63, 3.8) is 0 Å². The van der Waals surface area contributed by atoms with Crippen LogP contribution in [0.25, 0.3) is 0 Å². The summed E-state index contributed by atoms with van der Waals surface area (Å²) in [5, 5.41) is 3.52. The Bertz CT molecular complexity index is 492. The lowest BCUT2D eigenvalue weighted by Gasteiger charge is -2.33. The quantitative estimate of drug-likeness (QED) is 0.656. The highest BCUT2D eigenvalue weighted by molar-refractivity contribution is 5.96. The van der Waals surface area contributed by atoms with Crippen molar-refractivity contribution in [3.05, 3.63) is 23.8 Å². The van der Waals surface area contributed by atoms with Crippen LogP contribution in [0.4, 0.5) is 11.4 Å². The maximum absolute atomic E-state index is 12.1. The third kappa shape index (κ3) is 4.13. The van der Waals surface area contributed by atoms with Crippen molar-refractivity contribution in [2.24, 2.45) is 11.8 Å². The van der Waals surface area contributed by atoms with Gasteiger partial charge >= 0.3 is 5.97 Å². The molecule has 2 rings (SSSR count). The molecule has 0 saturated heterocycles. The first kappa shape index (κ1) is 15.7. The van der Waals surface area contributed by atoms with E-state index < -0.39 is 0 Å². The van der Waals surface area contributed by atoms with E-state index in [-0.39, 0.29) is 5.97 Å². The number of carbonyl (C=O) groups excluding carboxylic acids is 1. The second-order valence-electron chi connectivity index (χ2n) is 6.28. The molecule has 1 aliphatic carbocycles. The molecule has 1 fully saturated rings. The minimum Gasteiger partial charge on any atom is -0.462 e. The van der Waals surface area contributed by atoms with Gasteiger partial charge in [0.1, 0.15) is 0 Å². The minimum absolute atomic E-state index is 0.316. The van der Waals surface area contributed by atoms with E-state index in [1.807, 2.05) is 19.1 Å². The van der Waals surface area contributed by atoms with Crippen LogP contribution in [0, 0.1) is 11.8 Å². The maximum Gasteiger partial charge on any atom is 0.340 e. The molecule has 0 amide bonds. The molecule has 0 bridgehead atoms. The summed E-state index contributed by atoms with van der Waals surface area (Å²) in [5.74, 6) is 1.11. The highest BCUT2D eigenvalue weighted by Crippen LogP contribution is 2.31. The summed E-state index contributed by atoms with van der Waals surface area (Å²) in [4.78, 5) is 12.1. The summed E-state index contributed by atoms with van der Waals surface area (Å²) in [5.41, 5.74) is 7.74. The van der Waals surface area contributed by atoms with Crippen molar-refractivity contribution in [1.29, 1.82) is 0 Å². The van der Waals surface area contributed by atoms with E-state index in [1.54, 1.807) is 6.07 Å². The van der Waals surface area contributed by atoms with Gasteiger partial charge in [0, 0.05) is 17.4 Å². The minimum atomic E-state index is -0.316. The molecular formula is C17H26N2O2. The lowest BCUT2D eigenvalue weighted by atomic mass is 9.80. The molecule has 1 aromatic rings. The SMILES string of the molecule is CCOC(=O)c1cc(N)ccc1NC1CC(C)CC(C)C1. The molecule has 0 radical (unpaired) electrons. The summed E-state index contributed by atoms with van der Waals surface area (Å²) in [7, 11) is 0. The molecular weight excluding hydrogens is 264 g/mol. The van der Waals surface area contributed by atoms with E-state index in [0.717, 1.165) is 18.5 Å². The summed E-state index contributed by atoms with van der Waals surface area (Å²) < 4.78 is 5.12. The van der Waals surface area contributed by atoms with E-state index in [0.29, 0.717) is 35.7 Å². The summed E-state index contributed by atoms with van der Waals surface area (Å²) in [6.07, 6.45) is 3.55. The lowest BCUT2D eigenvalue weighted by molar-refractivity contribution is 0.0527. The molecule has 1 saturated carbocycles. The number of carbonyl (C=O) groups is 1. The zero-order chi connectivity index (χ0) is 15.4. The molecule has 21 heavy (non-hydrogen) atoms. The highest BCUT2D eigenvalue weighted by atomic mass is 16.5. The molecule has 2 unspecified atom stereocenters. The zero-order valence-corrected chi connectivity index (χ0v) is 13.2. The average molecular weight is 290 g/mol. The Morgan fingerprint density at radius 1 is 1.29 bits per heavy atom. The van der Waals surface area contributed by atoms with Gasteiger partial charge in [-0.1, -0.05) is 13.8 Å². The predicted octanol–water partition coefficient (Wildman–Crippen LogP) is 3.68. The number of nitrogen functional groups attached to an aromatic ring is 1. The van der Waals surface area contributed by atoms with Gasteiger partial charge < -0.3 is 15.8 Å². The first-order valence-corrected chi connectivity index (χ1v) is 7.82. The third-order valence-corrected chi connectivity index (χ3v) is 4.08. The topological polar surface area (TPSA) is 64.3 Å². The summed E-state index contributed by atoms with van der Waals surface area (Å²) in [6, 6.07) is 5.79. The molecule has 4 nitrogen and oxygen atoms in total. The molecule has 2 atom stereocenters. The number of nitrogens with two attached hydrogens (primary N) is 1. The fourth-order valence-electron chi connectivity index (χ4n) is 3.35. The fraction of sp³-hybridized carbons (Fsp3) is 0.588. The van der Waals surface area contributed by atoms with Gasteiger partial charge in [0.15, 0.2) is 0 Å². The van der Waals surface area contributed by atoms with Crippen LogP contribution in [0.1, 0.15) is 50.4 Å². The van der Waals surface area contributed by atoms with Crippen molar-refractivity contribution in [2.45, 2.75) is 46.1 Å². The lowest BCUT2D eigenvalue weighted by Crippen LogP contribution is -2.30. The molecule has 0 spiro atoms. The zero-order valence-electron chi connectivity index (χ0n) is 13.2. The van der Waals surface area contributed by atoms with E-state index in [2.05, 4.69) is 19.2 Å². The molecule has 1 aromatic carbocycles. The van der Waals surface area contributed by atoms with Crippen molar-refractivity contribution in [1.82, 2.24) is 0 Å². The molecule has 116 valence electrons. The average Bonchev–Trinajstić information content (AvgIpc) is 2.40. The Hall–Kier alpha value is -1.71. The molecule has 0 aliphatic heterocycles. The Kier molecular flexibility index (Phi) is 5.10. The van der Waals surface area contributed by atoms with Crippen LogP contribution in [-0.4, -0.2) is 18.6 Å². The van der Waals surface area contributed by atoms with E-state index >= 15 is 0 Å². The summed E-state index contributed by atoms with van der Waals surface area (Å²) in [6.45, 7) is 6.76. The van der Waals surface area contributed by atoms with Gasteiger partial charge in [-0.3, -0.25) is 0 Å². The maximum atomic E-state index is 12.1. The monoisotopic (exact) mass is 290 g/mol. The normalized spacial score (nSPS) is 25.4. The molecule has 3 N–H and O–H groups in total. The highest BCUT2D eigenvalue weighted by Gasteiger charge is 2.25. The number of anilines is 2. The van der Waals surface area contributed by atoms with Crippen molar-refractivity contribution in [3.8, 4) is 0 Å². The number of hydrogen-bond donors (Lipinski definition) is 2. The van der Waals surface area contributed by atoms with Gasteiger partial charge in [0.25, 0.3) is 0 Å². The number of benzene rings is 1. The number of ether oxygens (including phenoxy) is 1. The van der Waals surface area contributed by atoms with E-state index in [9.17, 15) is 4.79 Å². The Morgan fingerprint density at radius 3 is 2.57 bits per heavy atom. The van der Waals surface area contributed by atoms with Gasteiger partial charge in [-0.15, -0.1) is 0 Å². The number of esters is 1. The number of nitrogens with one attached hydrogen (secondary N) is 1. The molecule has 0 aromatic heterocycles. The number of rotatable bonds is 4. The second kappa shape index (κ2) is 6.83. The predicted molar refractivity (Wildman–Crippen MR) is 86.4 cm³/mol. The summed E-state index contributed by atoms with van der Waals surface area (Å²) >= 11 is 0. The molecule has 0 heterocycles. The van der Waals surface area contributed by atoms with Crippen LogP contribution in [0.3, 0.4) is 0 Å². The van der Waals surface area contributed by atoms with E-state index in [4.69, 9.17) is 10.5 Å². The van der Waals surface area contributed by atoms with Crippen LogP contribution in [0.5, 0.6) is 0 Å². The van der Waals surface area contributed by atoms with Crippen molar-refractivity contribution < 1.29 is 9.53 Å². The van der Waals surface area contributed by atoms with Crippen LogP contribution in [0.2, 0.25) is 0 Å². The number of hydrogen-bond acceptors (Lipinski definition) is 4. The van der Waals surface area contributed by atoms with Crippen LogP contribution in [0.15, 0.2) is 18.2 Å². The van der Waals surface area contributed by atoms with Crippen molar-refractivity contribution in [2.75, 3.05) is 17.7 Å². The fourth-order valence-corrected chi connectivity index (χ4v) is 3.35. The van der Waals surface area contributed by atoms with Crippen molar-refractivity contribution >= 4 is 17.3 Å². The first-order valence-electron chi connectivity index (χ1n) is 7.82. The largest absolute Gasteiger partial charge is 0.462 e. The van der Waals surface area contributed by atoms with Gasteiger partial charge in [0.05, 0.1) is 12.2 Å². The molecule has 1 aliphatic rings. The van der Waals surface area contributed by atoms with Gasteiger partial charge in [0.2, 0.25) is 0 Å². The second-order valence-corrected chi connectivity index (χ2v) is 6.28. The molecule has 4 heteroatoms. The van der Waals surface area contributed by atoms with Crippen LogP contribution in [-0.2, 0) is 4.74 Å². The van der Waals surface area contributed by atoms with Crippen LogP contribution < -0.4 is 11.1 Å². The van der Waals surface area contributed by atoms with Crippen LogP contribution >= 0.6 is 0 Å². The smallest absolute Gasteiger partial charge is 0.340 e. The van der Waals surface area contributed by atoms with Gasteiger partial charge in [-0.25, -0.2) is 4.79 Å². The Balaban J connectivity index is 2.17. The Labute approximate surface area is 127 Å². The standard InChI is InChI=1S/C17H26N2O2/c1-4-21-17(20)15-10-13(18)5-6-16(15)19-14-8-11(2)7-12(3)9-14/h5-6,10-12,14,19H,4,7-9,18H2,1-3H3. The van der Waals surface area contributed by atoms with Gasteiger partial charge in [-0.05, 0) is 56.2 Å². The first-order chi connectivity index (χ1) is 9.99. The van der Waals surface area contributed by atoms with E-state index in [1.165, 1.54) is 6.42 Å². The Morgan fingerprint density at radius 2 is 1.95 bits per heavy atom. The van der Waals surface area contributed by atoms with Gasteiger partial charge in [-0.2, -0.15) is 0 Å². The third-order valence-electron chi connectivity index (χ3n) is 4.08.